The summed E-state index contributed by atoms with van der Waals surface area (Å²) in [5.74, 6) is 1.82. The van der Waals surface area contributed by atoms with Crippen molar-refractivity contribution < 1.29 is 4.74 Å². The van der Waals surface area contributed by atoms with Gasteiger partial charge in [0.15, 0.2) is 0 Å². The minimum Gasteiger partial charge on any atom is -0.458 e. The van der Waals surface area contributed by atoms with E-state index in [4.69, 9.17) is 4.74 Å². The SMILES string of the molecule is N#Cc1cccc2c3ccc4c5c3n(c12)-c1ccccc1B5c1ccccc1O4. The largest absolute Gasteiger partial charge is 0.458 e. The molecule has 5 aromatic rings. The molecule has 0 N–H and O–H groups in total. The Balaban J connectivity index is 1.78. The lowest BCUT2D eigenvalue weighted by molar-refractivity contribution is 0.488. The molecule has 3 nitrogen and oxygen atoms in total. The lowest BCUT2D eigenvalue weighted by atomic mass is 9.34. The van der Waals surface area contributed by atoms with Crippen molar-refractivity contribution in [1.82, 2.24) is 4.57 Å². The van der Waals surface area contributed by atoms with Crippen LogP contribution in [0.2, 0.25) is 0 Å². The van der Waals surface area contributed by atoms with Crippen LogP contribution in [0.4, 0.5) is 0 Å². The van der Waals surface area contributed by atoms with E-state index >= 15 is 0 Å². The first-order chi connectivity index (χ1) is 14.4. The van der Waals surface area contributed by atoms with Gasteiger partial charge in [-0.3, -0.25) is 0 Å². The monoisotopic (exact) mass is 368 g/mol. The molecule has 0 amide bonds. The fourth-order valence-electron chi connectivity index (χ4n) is 5.20. The molecule has 1 aromatic heterocycles. The van der Waals surface area contributed by atoms with E-state index < -0.39 is 0 Å². The summed E-state index contributed by atoms with van der Waals surface area (Å²) in [6.07, 6.45) is 0. The molecule has 4 heteroatoms. The molecule has 0 atom stereocenters. The predicted octanol–water partition coefficient (Wildman–Crippen LogP) is 3.59. The maximum Gasteiger partial charge on any atom is 0.256 e. The van der Waals surface area contributed by atoms with Crippen LogP contribution < -0.4 is 21.1 Å². The number of nitriles is 1. The molecule has 0 radical (unpaired) electrons. The Labute approximate surface area is 167 Å². The van der Waals surface area contributed by atoms with Crippen LogP contribution in [0.25, 0.3) is 27.5 Å². The molecule has 2 aliphatic heterocycles. The van der Waals surface area contributed by atoms with Crippen LogP contribution in [0.1, 0.15) is 5.56 Å². The second-order valence-electron chi connectivity index (χ2n) is 7.65. The Morgan fingerprint density at radius 1 is 0.724 bits per heavy atom. The van der Waals surface area contributed by atoms with E-state index in [1.54, 1.807) is 0 Å². The van der Waals surface area contributed by atoms with E-state index in [-0.39, 0.29) is 6.71 Å². The molecule has 0 unspecified atom stereocenters. The van der Waals surface area contributed by atoms with Crippen molar-refractivity contribution in [2.24, 2.45) is 0 Å². The molecular weight excluding hydrogens is 355 g/mol. The van der Waals surface area contributed by atoms with Crippen molar-refractivity contribution >= 4 is 44.9 Å². The molecule has 2 aliphatic rings. The van der Waals surface area contributed by atoms with Crippen molar-refractivity contribution in [3.8, 4) is 23.3 Å². The van der Waals surface area contributed by atoms with E-state index in [0.717, 1.165) is 33.6 Å². The zero-order valence-electron chi connectivity index (χ0n) is 15.4. The van der Waals surface area contributed by atoms with Gasteiger partial charge in [-0.25, -0.2) is 0 Å². The van der Waals surface area contributed by atoms with Gasteiger partial charge in [0.2, 0.25) is 0 Å². The van der Waals surface area contributed by atoms with Crippen LogP contribution in [-0.2, 0) is 0 Å². The summed E-state index contributed by atoms with van der Waals surface area (Å²) in [6, 6.07) is 29.4. The fraction of sp³-hybridized carbons (Fsp3) is 0. The Morgan fingerprint density at radius 2 is 1.52 bits per heavy atom. The number of rotatable bonds is 0. The molecule has 0 saturated carbocycles. The highest BCUT2D eigenvalue weighted by Gasteiger charge is 2.40. The van der Waals surface area contributed by atoms with E-state index in [2.05, 4.69) is 65.2 Å². The van der Waals surface area contributed by atoms with Crippen molar-refractivity contribution in [1.29, 1.82) is 5.26 Å². The topological polar surface area (TPSA) is 38.0 Å². The molecule has 7 rings (SSSR count). The second-order valence-corrected chi connectivity index (χ2v) is 7.65. The van der Waals surface area contributed by atoms with Gasteiger partial charge in [-0.05, 0) is 46.7 Å². The highest BCUT2D eigenvalue weighted by atomic mass is 16.5. The van der Waals surface area contributed by atoms with Gasteiger partial charge >= 0.3 is 0 Å². The molecule has 0 aliphatic carbocycles. The standard InChI is InChI=1S/C25H13BN2O/c27-14-15-6-5-7-16-17-12-13-22-23-25(17)28(24(15)16)20-10-3-1-8-18(20)26(23)19-9-2-4-11-21(19)29-22/h1-13H. The number of fused-ring (bicyclic) bond motifs is 8. The van der Waals surface area contributed by atoms with E-state index in [1.807, 2.05) is 24.3 Å². The highest BCUT2D eigenvalue weighted by Crippen LogP contribution is 2.38. The van der Waals surface area contributed by atoms with Gasteiger partial charge in [0.1, 0.15) is 17.6 Å². The van der Waals surface area contributed by atoms with E-state index in [0.29, 0.717) is 5.56 Å². The zero-order valence-corrected chi connectivity index (χ0v) is 15.4. The number of benzene rings is 4. The summed E-state index contributed by atoms with van der Waals surface area (Å²) in [6.45, 7) is 0.122. The molecule has 29 heavy (non-hydrogen) atoms. The van der Waals surface area contributed by atoms with Crippen molar-refractivity contribution in [2.45, 2.75) is 0 Å². The molecule has 132 valence electrons. The minimum atomic E-state index is 0.122. The van der Waals surface area contributed by atoms with Gasteiger partial charge in [-0.1, -0.05) is 48.5 Å². The maximum atomic E-state index is 9.82. The number of ether oxygens (including phenoxy) is 1. The van der Waals surface area contributed by atoms with Gasteiger partial charge in [0.05, 0.1) is 16.6 Å². The number of aromatic nitrogens is 1. The molecule has 0 saturated heterocycles. The number of nitrogens with zero attached hydrogens (tertiary/aromatic N) is 2. The summed E-state index contributed by atoms with van der Waals surface area (Å²) in [5, 5.41) is 12.1. The summed E-state index contributed by atoms with van der Waals surface area (Å²) in [7, 11) is 0. The van der Waals surface area contributed by atoms with Crippen LogP contribution >= 0.6 is 0 Å². The summed E-state index contributed by atoms with van der Waals surface area (Å²) >= 11 is 0. The smallest absolute Gasteiger partial charge is 0.256 e. The van der Waals surface area contributed by atoms with Crippen LogP contribution in [0.15, 0.2) is 78.9 Å². The number of hydrogen-bond acceptors (Lipinski definition) is 2. The van der Waals surface area contributed by atoms with E-state index in [1.165, 1.54) is 21.8 Å². The number of para-hydroxylation sites is 3. The third-order valence-electron chi connectivity index (χ3n) is 6.30. The summed E-state index contributed by atoms with van der Waals surface area (Å²) in [5.41, 5.74) is 7.59. The summed E-state index contributed by atoms with van der Waals surface area (Å²) < 4.78 is 8.60. The van der Waals surface area contributed by atoms with Gasteiger partial charge < -0.3 is 9.30 Å². The minimum absolute atomic E-state index is 0.122. The quantitative estimate of drug-likeness (QED) is 0.384. The molecule has 3 heterocycles. The maximum absolute atomic E-state index is 9.82. The van der Waals surface area contributed by atoms with Gasteiger partial charge in [-0.2, -0.15) is 5.26 Å². The van der Waals surface area contributed by atoms with Gasteiger partial charge in [-0.15, -0.1) is 0 Å². The van der Waals surface area contributed by atoms with Crippen molar-refractivity contribution in [3.05, 3.63) is 84.4 Å². The Morgan fingerprint density at radius 3 is 2.41 bits per heavy atom. The predicted molar refractivity (Wildman–Crippen MR) is 117 cm³/mol. The van der Waals surface area contributed by atoms with Crippen LogP contribution in [-0.4, -0.2) is 11.3 Å². The fourth-order valence-corrected chi connectivity index (χ4v) is 5.20. The van der Waals surface area contributed by atoms with Crippen molar-refractivity contribution in [3.63, 3.8) is 0 Å². The molecule has 0 spiro atoms. The molecular formula is C25H13BN2O. The molecule has 0 bridgehead atoms. The summed E-state index contributed by atoms with van der Waals surface area (Å²) in [4.78, 5) is 0. The molecule has 4 aromatic carbocycles. The van der Waals surface area contributed by atoms with Gasteiger partial charge in [0, 0.05) is 16.5 Å². The Bertz CT molecular complexity index is 1560. The first kappa shape index (κ1) is 15.0. The van der Waals surface area contributed by atoms with E-state index in [9.17, 15) is 5.26 Å². The van der Waals surface area contributed by atoms with Crippen LogP contribution in [0, 0.1) is 11.3 Å². The Hall–Kier alpha value is -3.97. The normalized spacial score (nSPS) is 13.0. The van der Waals surface area contributed by atoms with Crippen LogP contribution in [0.3, 0.4) is 0 Å². The third kappa shape index (κ3) is 1.69. The molecule has 0 fully saturated rings. The van der Waals surface area contributed by atoms with Crippen molar-refractivity contribution in [2.75, 3.05) is 0 Å². The lowest BCUT2D eigenvalue weighted by Crippen LogP contribution is -2.58. The highest BCUT2D eigenvalue weighted by molar-refractivity contribution is 6.99. The Kier molecular flexibility index (Phi) is 2.64. The average molecular weight is 368 g/mol. The lowest BCUT2D eigenvalue weighted by Gasteiger charge is -2.32. The zero-order chi connectivity index (χ0) is 19.1. The third-order valence-corrected chi connectivity index (χ3v) is 6.30. The van der Waals surface area contributed by atoms with Gasteiger partial charge in [0.25, 0.3) is 6.71 Å². The van der Waals surface area contributed by atoms with Crippen LogP contribution in [0.5, 0.6) is 11.5 Å². The first-order valence-electron chi connectivity index (χ1n) is 9.73. The first-order valence-corrected chi connectivity index (χ1v) is 9.73. The second kappa shape index (κ2) is 5.09. The average Bonchev–Trinajstić information content (AvgIpc) is 3.13. The number of hydrogen-bond donors (Lipinski definition) is 0.